The average Bonchev–Trinajstić information content (AvgIpc) is 2.47. The highest BCUT2D eigenvalue weighted by Gasteiger charge is 2.14. The molecule has 6 heteroatoms. The molecular formula is C15H23N3O3. The van der Waals surface area contributed by atoms with Gasteiger partial charge in [-0.25, -0.2) is 0 Å². The highest BCUT2D eigenvalue weighted by molar-refractivity contribution is 5.59. The van der Waals surface area contributed by atoms with E-state index in [1.165, 1.54) is 0 Å². The van der Waals surface area contributed by atoms with Gasteiger partial charge in [-0.15, -0.1) is 0 Å². The van der Waals surface area contributed by atoms with Crippen LogP contribution in [0.5, 0.6) is 11.5 Å². The highest BCUT2D eigenvalue weighted by Crippen LogP contribution is 2.38. The highest BCUT2D eigenvalue weighted by atomic mass is 16.5. The summed E-state index contributed by atoms with van der Waals surface area (Å²) < 4.78 is 16.4. The van der Waals surface area contributed by atoms with Gasteiger partial charge in [0.15, 0.2) is 0 Å². The summed E-state index contributed by atoms with van der Waals surface area (Å²) in [6.45, 7) is 7.68. The summed E-state index contributed by atoms with van der Waals surface area (Å²) in [7, 11) is 1.61. The minimum absolute atomic E-state index is 0.262. The number of nitrogens with zero attached hydrogens (tertiary/aromatic N) is 3. The topological polar surface area (TPSA) is 76.5 Å². The van der Waals surface area contributed by atoms with Crippen molar-refractivity contribution in [1.29, 1.82) is 0 Å². The summed E-state index contributed by atoms with van der Waals surface area (Å²) in [5.41, 5.74) is 10.2. The number of azide groups is 1. The Labute approximate surface area is 125 Å². The number of rotatable bonds is 9. The van der Waals surface area contributed by atoms with Crippen molar-refractivity contribution in [2.24, 2.45) is 5.11 Å². The summed E-state index contributed by atoms with van der Waals surface area (Å²) in [4.78, 5) is 2.86. The molecule has 0 spiro atoms. The van der Waals surface area contributed by atoms with Crippen LogP contribution in [0, 0.1) is 0 Å². The first-order valence-corrected chi connectivity index (χ1v) is 7.11. The molecule has 0 aliphatic rings. The second-order valence-corrected chi connectivity index (χ2v) is 4.89. The standard InChI is InChI=1S/C15H23N3O3/c1-5-6-20-14-10-15(21-8-7-19-4)13(17-18-16)9-12(14)11(2)3/h9-11H,5-8H2,1-4H3. The van der Waals surface area contributed by atoms with Crippen molar-refractivity contribution in [1.82, 2.24) is 0 Å². The zero-order chi connectivity index (χ0) is 15.7. The quantitative estimate of drug-likeness (QED) is 0.290. The van der Waals surface area contributed by atoms with Gasteiger partial charge in [-0.1, -0.05) is 25.9 Å². The van der Waals surface area contributed by atoms with E-state index in [1.807, 2.05) is 6.07 Å². The number of benzene rings is 1. The Bertz CT molecular complexity index is 497. The van der Waals surface area contributed by atoms with Crippen LogP contribution in [0.25, 0.3) is 10.4 Å². The largest absolute Gasteiger partial charge is 0.493 e. The van der Waals surface area contributed by atoms with Crippen molar-refractivity contribution < 1.29 is 14.2 Å². The van der Waals surface area contributed by atoms with Crippen LogP contribution < -0.4 is 9.47 Å². The second kappa shape index (κ2) is 9.10. The van der Waals surface area contributed by atoms with Crippen LogP contribution in [0.3, 0.4) is 0 Å². The zero-order valence-corrected chi connectivity index (χ0v) is 13.1. The van der Waals surface area contributed by atoms with Gasteiger partial charge >= 0.3 is 0 Å². The van der Waals surface area contributed by atoms with Gasteiger partial charge in [0.05, 0.1) is 18.9 Å². The minimum atomic E-state index is 0.262. The Morgan fingerprint density at radius 1 is 1.14 bits per heavy atom. The number of hydrogen-bond acceptors (Lipinski definition) is 4. The van der Waals surface area contributed by atoms with E-state index < -0.39 is 0 Å². The molecule has 0 unspecified atom stereocenters. The van der Waals surface area contributed by atoms with Crippen molar-refractivity contribution in [2.75, 3.05) is 26.9 Å². The second-order valence-electron chi connectivity index (χ2n) is 4.89. The molecule has 0 saturated heterocycles. The normalized spacial score (nSPS) is 10.3. The number of hydrogen-bond donors (Lipinski definition) is 0. The lowest BCUT2D eigenvalue weighted by atomic mass is 10.0. The fraction of sp³-hybridized carbons (Fsp3) is 0.600. The van der Waals surface area contributed by atoms with Crippen LogP contribution in [0.4, 0.5) is 5.69 Å². The van der Waals surface area contributed by atoms with Crippen LogP contribution in [-0.4, -0.2) is 26.9 Å². The van der Waals surface area contributed by atoms with E-state index in [2.05, 4.69) is 30.8 Å². The molecular weight excluding hydrogens is 270 g/mol. The van der Waals surface area contributed by atoms with E-state index >= 15 is 0 Å². The van der Waals surface area contributed by atoms with E-state index in [-0.39, 0.29) is 5.92 Å². The number of methoxy groups -OCH3 is 1. The summed E-state index contributed by atoms with van der Waals surface area (Å²) in [6.07, 6.45) is 0.926. The molecule has 1 aromatic rings. The molecule has 0 heterocycles. The van der Waals surface area contributed by atoms with Crippen LogP contribution >= 0.6 is 0 Å². The van der Waals surface area contributed by atoms with E-state index in [9.17, 15) is 0 Å². The van der Waals surface area contributed by atoms with Crippen LogP contribution in [-0.2, 0) is 4.74 Å². The lowest BCUT2D eigenvalue weighted by Gasteiger charge is -2.17. The molecule has 0 aromatic heterocycles. The molecule has 1 aromatic carbocycles. The SMILES string of the molecule is CCCOc1cc(OCCOC)c(N=[N+]=[N-])cc1C(C)C. The van der Waals surface area contributed by atoms with Crippen molar-refractivity contribution in [2.45, 2.75) is 33.1 Å². The third-order valence-corrected chi connectivity index (χ3v) is 2.87. The number of ether oxygens (including phenoxy) is 3. The van der Waals surface area contributed by atoms with Gasteiger partial charge in [-0.2, -0.15) is 0 Å². The van der Waals surface area contributed by atoms with E-state index in [4.69, 9.17) is 19.7 Å². The summed E-state index contributed by atoms with van der Waals surface area (Å²) in [5, 5.41) is 3.71. The first-order valence-electron chi connectivity index (χ1n) is 7.11. The molecule has 116 valence electrons. The molecule has 0 bridgehead atoms. The Kier molecular flexibility index (Phi) is 7.43. The predicted octanol–water partition coefficient (Wildman–Crippen LogP) is 4.57. The van der Waals surface area contributed by atoms with Gasteiger partial charge in [0.25, 0.3) is 0 Å². The maximum absolute atomic E-state index is 8.70. The monoisotopic (exact) mass is 293 g/mol. The maximum atomic E-state index is 8.70. The van der Waals surface area contributed by atoms with Crippen molar-refractivity contribution in [3.63, 3.8) is 0 Å². The molecule has 1 rings (SSSR count). The molecule has 21 heavy (non-hydrogen) atoms. The molecule has 6 nitrogen and oxygen atoms in total. The first kappa shape index (κ1) is 17.1. The molecule has 0 fully saturated rings. The first-order chi connectivity index (χ1) is 10.1. The van der Waals surface area contributed by atoms with E-state index in [0.29, 0.717) is 31.3 Å². The van der Waals surface area contributed by atoms with Crippen LogP contribution in [0.2, 0.25) is 0 Å². The Hall–Kier alpha value is -1.91. The van der Waals surface area contributed by atoms with Gasteiger partial charge in [0.2, 0.25) is 0 Å². The molecule has 0 amide bonds. The molecule has 0 aliphatic heterocycles. The van der Waals surface area contributed by atoms with E-state index in [0.717, 1.165) is 17.7 Å². The molecule has 0 radical (unpaired) electrons. The maximum Gasteiger partial charge on any atom is 0.132 e. The van der Waals surface area contributed by atoms with Crippen molar-refractivity contribution >= 4 is 5.69 Å². The van der Waals surface area contributed by atoms with E-state index in [1.54, 1.807) is 13.2 Å². The predicted molar refractivity (Wildman–Crippen MR) is 82.5 cm³/mol. The minimum Gasteiger partial charge on any atom is -0.493 e. The molecule has 0 N–H and O–H groups in total. The fourth-order valence-corrected chi connectivity index (χ4v) is 1.83. The van der Waals surface area contributed by atoms with Crippen molar-refractivity contribution in [3.05, 3.63) is 28.1 Å². The molecule has 0 aliphatic carbocycles. The van der Waals surface area contributed by atoms with Crippen LogP contribution in [0.1, 0.15) is 38.7 Å². The summed E-state index contributed by atoms with van der Waals surface area (Å²) in [6, 6.07) is 3.63. The van der Waals surface area contributed by atoms with Crippen molar-refractivity contribution in [3.8, 4) is 11.5 Å². The zero-order valence-electron chi connectivity index (χ0n) is 13.1. The van der Waals surface area contributed by atoms with Gasteiger partial charge < -0.3 is 14.2 Å². The lowest BCUT2D eigenvalue weighted by molar-refractivity contribution is 0.146. The summed E-state index contributed by atoms with van der Waals surface area (Å²) in [5.74, 6) is 1.55. The lowest BCUT2D eigenvalue weighted by Crippen LogP contribution is -2.06. The average molecular weight is 293 g/mol. The van der Waals surface area contributed by atoms with Gasteiger partial charge in [-0.3, -0.25) is 0 Å². The third-order valence-electron chi connectivity index (χ3n) is 2.87. The van der Waals surface area contributed by atoms with Crippen LogP contribution in [0.15, 0.2) is 17.2 Å². The smallest absolute Gasteiger partial charge is 0.132 e. The Morgan fingerprint density at radius 3 is 2.43 bits per heavy atom. The Balaban J connectivity index is 3.15. The molecule has 0 saturated carbocycles. The molecule has 0 atom stereocenters. The van der Waals surface area contributed by atoms with Gasteiger partial charge in [-0.05, 0) is 29.5 Å². The summed E-state index contributed by atoms with van der Waals surface area (Å²) >= 11 is 0. The Morgan fingerprint density at radius 2 is 1.86 bits per heavy atom. The fourth-order valence-electron chi connectivity index (χ4n) is 1.83. The van der Waals surface area contributed by atoms with Gasteiger partial charge in [0, 0.05) is 18.1 Å². The third kappa shape index (κ3) is 5.17. The van der Waals surface area contributed by atoms with Gasteiger partial charge in [0.1, 0.15) is 18.1 Å².